The van der Waals surface area contributed by atoms with Gasteiger partial charge in [0.1, 0.15) is 0 Å². The topological polar surface area (TPSA) is 40.5 Å². The van der Waals surface area contributed by atoms with Crippen LogP contribution in [-0.2, 0) is 4.79 Å². The van der Waals surface area contributed by atoms with Gasteiger partial charge in [-0.3, -0.25) is 10.0 Å². The number of benzene rings is 1. The first-order valence-corrected chi connectivity index (χ1v) is 6.01. The molecule has 3 rings (SSSR count). The Labute approximate surface area is 104 Å². The van der Waals surface area contributed by atoms with Crippen molar-refractivity contribution in [1.29, 1.82) is 0 Å². The minimum atomic E-state index is -0.325. The number of carbonyl (C=O) groups excluding carboxylic acids is 1. The number of amides is 1. The van der Waals surface area contributed by atoms with Crippen molar-refractivity contribution in [3.05, 3.63) is 47.0 Å². The number of carbonyl (C=O) groups is 1. The zero-order valence-corrected chi connectivity index (χ0v) is 9.84. The van der Waals surface area contributed by atoms with Gasteiger partial charge in [0.05, 0.1) is 12.0 Å². The lowest BCUT2D eigenvalue weighted by Crippen LogP contribution is -2.29. The quantitative estimate of drug-likeness (QED) is 0.614. The molecule has 3 atom stereocenters. The monoisotopic (exact) mass is 249 g/mol. The lowest BCUT2D eigenvalue weighted by Gasteiger charge is -2.16. The summed E-state index contributed by atoms with van der Waals surface area (Å²) in [4.78, 5) is 12.1. The molecule has 3 nitrogen and oxygen atoms in total. The van der Waals surface area contributed by atoms with Gasteiger partial charge in [0.25, 0.3) is 5.91 Å². The number of rotatable bonds is 1. The molecule has 1 aliphatic heterocycles. The van der Waals surface area contributed by atoms with E-state index in [4.69, 9.17) is 11.6 Å². The molecule has 4 heteroatoms. The molecular formula is C13H12ClNO2. The van der Waals surface area contributed by atoms with Crippen LogP contribution in [0, 0.1) is 5.92 Å². The first kappa shape index (κ1) is 10.8. The highest BCUT2D eigenvalue weighted by Gasteiger charge is 2.49. The molecule has 1 fully saturated rings. The molecule has 1 heterocycles. The van der Waals surface area contributed by atoms with Crippen LogP contribution in [0.3, 0.4) is 0 Å². The van der Waals surface area contributed by atoms with Crippen LogP contribution in [-0.4, -0.2) is 22.2 Å². The summed E-state index contributed by atoms with van der Waals surface area (Å²) in [5.74, 6) is -0.474. The van der Waals surface area contributed by atoms with Crippen molar-refractivity contribution in [2.45, 2.75) is 18.4 Å². The number of halogens is 1. The highest BCUT2D eigenvalue weighted by atomic mass is 35.5. The first-order valence-electron chi connectivity index (χ1n) is 5.63. The molecule has 0 spiro atoms. The predicted molar refractivity (Wildman–Crippen MR) is 63.9 cm³/mol. The maximum Gasteiger partial charge on any atom is 0.254 e. The highest BCUT2D eigenvalue weighted by Crippen LogP contribution is 2.44. The Bertz CT molecular complexity index is 500. The van der Waals surface area contributed by atoms with Crippen molar-refractivity contribution in [2.24, 2.45) is 5.92 Å². The molecule has 1 saturated heterocycles. The summed E-state index contributed by atoms with van der Waals surface area (Å²) in [5, 5.41) is 11.2. The van der Waals surface area contributed by atoms with Gasteiger partial charge in [-0.2, -0.15) is 0 Å². The second-order valence-electron chi connectivity index (χ2n) is 4.50. The van der Waals surface area contributed by atoms with Crippen LogP contribution in [0.15, 0.2) is 36.4 Å². The van der Waals surface area contributed by atoms with Crippen LogP contribution < -0.4 is 0 Å². The second-order valence-corrected chi connectivity index (χ2v) is 4.91. The van der Waals surface area contributed by atoms with Gasteiger partial charge in [0.15, 0.2) is 0 Å². The van der Waals surface area contributed by atoms with Gasteiger partial charge in [-0.05, 0) is 18.1 Å². The highest BCUT2D eigenvalue weighted by molar-refractivity contribution is 6.31. The van der Waals surface area contributed by atoms with Gasteiger partial charge in [0.2, 0.25) is 0 Å². The maximum absolute atomic E-state index is 12.1. The van der Waals surface area contributed by atoms with Gasteiger partial charge < -0.3 is 0 Å². The Hall–Kier alpha value is -1.32. The fourth-order valence-corrected chi connectivity index (χ4v) is 3.07. The van der Waals surface area contributed by atoms with Crippen molar-refractivity contribution in [3.8, 4) is 0 Å². The second kappa shape index (κ2) is 3.86. The lowest BCUT2D eigenvalue weighted by atomic mass is 9.85. The minimum Gasteiger partial charge on any atom is -0.285 e. The van der Waals surface area contributed by atoms with Crippen LogP contribution in [0.1, 0.15) is 17.9 Å². The predicted octanol–water partition coefficient (Wildman–Crippen LogP) is 2.60. The molecule has 0 unspecified atom stereocenters. The van der Waals surface area contributed by atoms with Crippen LogP contribution in [0.4, 0.5) is 0 Å². The Balaban J connectivity index is 2.04. The summed E-state index contributed by atoms with van der Waals surface area (Å²) < 4.78 is 0. The van der Waals surface area contributed by atoms with E-state index in [1.807, 2.05) is 30.4 Å². The molecule has 17 heavy (non-hydrogen) atoms. The summed E-state index contributed by atoms with van der Waals surface area (Å²) in [7, 11) is 0. The number of hydrogen-bond acceptors (Lipinski definition) is 2. The fourth-order valence-electron chi connectivity index (χ4n) is 2.82. The zero-order chi connectivity index (χ0) is 12.0. The average molecular weight is 250 g/mol. The van der Waals surface area contributed by atoms with Crippen molar-refractivity contribution < 1.29 is 10.0 Å². The van der Waals surface area contributed by atoms with E-state index >= 15 is 0 Å². The van der Waals surface area contributed by atoms with Crippen molar-refractivity contribution in [3.63, 3.8) is 0 Å². The van der Waals surface area contributed by atoms with Crippen LogP contribution >= 0.6 is 11.6 Å². The van der Waals surface area contributed by atoms with E-state index in [1.54, 1.807) is 6.07 Å². The molecule has 1 N–H and O–H groups in total. The number of hydroxylamine groups is 2. The SMILES string of the molecule is O=C1[C@@H](c2ccccc2Cl)[C@H]2CC=C[C@@H]2N1O. The summed E-state index contributed by atoms with van der Waals surface area (Å²) >= 11 is 6.13. The largest absolute Gasteiger partial charge is 0.285 e. The van der Waals surface area contributed by atoms with Gasteiger partial charge in [-0.25, -0.2) is 5.06 Å². The van der Waals surface area contributed by atoms with Crippen molar-refractivity contribution >= 4 is 17.5 Å². The van der Waals surface area contributed by atoms with Crippen molar-refractivity contribution in [1.82, 2.24) is 5.06 Å². The third-order valence-corrected chi connectivity index (χ3v) is 3.97. The average Bonchev–Trinajstić information content (AvgIpc) is 2.86. The molecule has 1 aromatic carbocycles. The number of hydrogen-bond donors (Lipinski definition) is 1. The third kappa shape index (κ3) is 1.50. The first-order chi connectivity index (χ1) is 8.20. The van der Waals surface area contributed by atoms with E-state index in [2.05, 4.69) is 0 Å². The summed E-state index contributed by atoms with van der Waals surface area (Å²) in [5.41, 5.74) is 0.814. The van der Waals surface area contributed by atoms with Gasteiger partial charge >= 0.3 is 0 Å². The van der Waals surface area contributed by atoms with E-state index in [0.717, 1.165) is 17.0 Å². The molecule has 2 aliphatic rings. The zero-order valence-electron chi connectivity index (χ0n) is 9.08. The van der Waals surface area contributed by atoms with Gasteiger partial charge in [0, 0.05) is 10.9 Å². The third-order valence-electron chi connectivity index (χ3n) is 3.62. The Morgan fingerprint density at radius 1 is 1.35 bits per heavy atom. The van der Waals surface area contributed by atoms with E-state index in [0.29, 0.717) is 5.02 Å². The number of allylic oxidation sites excluding steroid dienone is 1. The molecule has 1 aromatic rings. The van der Waals surface area contributed by atoms with Crippen LogP contribution in [0.2, 0.25) is 5.02 Å². The van der Waals surface area contributed by atoms with E-state index in [9.17, 15) is 10.0 Å². The Morgan fingerprint density at radius 2 is 2.12 bits per heavy atom. The molecule has 88 valence electrons. The Kier molecular flexibility index (Phi) is 2.45. The van der Waals surface area contributed by atoms with Gasteiger partial charge in [-0.15, -0.1) is 0 Å². The lowest BCUT2D eigenvalue weighted by molar-refractivity contribution is -0.163. The summed E-state index contributed by atoms with van der Waals surface area (Å²) in [6.45, 7) is 0. The van der Waals surface area contributed by atoms with E-state index in [1.165, 1.54) is 0 Å². The maximum atomic E-state index is 12.1. The van der Waals surface area contributed by atoms with E-state index in [-0.39, 0.29) is 23.8 Å². The molecule has 1 amide bonds. The fraction of sp³-hybridized carbons (Fsp3) is 0.308. The molecule has 0 bridgehead atoms. The number of nitrogens with zero attached hydrogens (tertiary/aromatic N) is 1. The Morgan fingerprint density at radius 3 is 2.88 bits per heavy atom. The minimum absolute atomic E-state index is 0.104. The smallest absolute Gasteiger partial charge is 0.254 e. The molecular weight excluding hydrogens is 238 g/mol. The van der Waals surface area contributed by atoms with Crippen LogP contribution in [0.25, 0.3) is 0 Å². The van der Waals surface area contributed by atoms with Gasteiger partial charge in [-0.1, -0.05) is 42.0 Å². The van der Waals surface area contributed by atoms with Crippen molar-refractivity contribution in [2.75, 3.05) is 0 Å². The van der Waals surface area contributed by atoms with E-state index < -0.39 is 0 Å². The molecule has 0 aromatic heterocycles. The molecule has 0 radical (unpaired) electrons. The number of fused-ring (bicyclic) bond motifs is 1. The summed E-state index contributed by atoms with van der Waals surface area (Å²) in [6, 6.07) is 7.16. The molecule has 0 saturated carbocycles. The normalized spacial score (nSPS) is 31.1. The van der Waals surface area contributed by atoms with Crippen LogP contribution in [0.5, 0.6) is 0 Å². The standard InChI is InChI=1S/C13H12ClNO2/c14-10-6-2-1-4-8(10)12-9-5-3-7-11(9)15(17)13(12)16/h1-4,6-7,9,11-12,17H,5H2/t9-,11-,12-/m0/s1. The molecule has 1 aliphatic carbocycles. The summed E-state index contributed by atoms with van der Waals surface area (Å²) in [6.07, 6.45) is 4.71.